The monoisotopic (exact) mass is 284 g/mol. The van der Waals surface area contributed by atoms with Gasteiger partial charge in [0.2, 0.25) is 0 Å². The summed E-state index contributed by atoms with van der Waals surface area (Å²) in [6.45, 7) is 3.95. The molecule has 0 saturated carbocycles. The number of nitrogens with zero attached hydrogens (tertiary/aromatic N) is 3. The van der Waals surface area contributed by atoms with Crippen molar-refractivity contribution in [2.45, 2.75) is 32.2 Å². The zero-order valence-corrected chi connectivity index (χ0v) is 11.9. The van der Waals surface area contributed by atoms with Crippen molar-refractivity contribution in [3.63, 3.8) is 0 Å². The number of nitrogens with one attached hydrogen (secondary N) is 1. The number of hydrogen-bond acceptors (Lipinski definition) is 6. The molecule has 1 aliphatic heterocycles. The molecule has 1 fully saturated rings. The Labute approximate surface area is 117 Å². The van der Waals surface area contributed by atoms with Gasteiger partial charge < -0.3 is 15.3 Å². The number of carbonyl (C=O) groups is 1. The van der Waals surface area contributed by atoms with Gasteiger partial charge in [-0.2, -0.15) is 0 Å². The highest BCUT2D eigenvalue weighted by molar-refractivity contribution is 7.08. The molecule has 2 heterocycles. The van der Waals surface area contributed by atoms with E-state index in [1.165, 1.54) is 0 Å². The summed E-state index contributed by atoms with van der Waals surface area (Å²) in [5, 5.41) is 16.5. The van der Waals surface area contributed by atoms with Crippen molar-refractivity contribution in [2.24, 2.45) is 0 Å². The lowest BCUT2D eigenvalue weighted by atomic mass is 10.2. The van der Waals surface area contributed by atoms with Gasteiger partial charge in [-0.3, -0.25) is 4.79 Å². The summed E-state index contributed by atoms with van der Waals surface area (Å²) in [5.74, 6) is -0.0606. The van der Waals surface area contributed by atoms with E-state index in [0.29, 0.717) is 30.4 Å². The fourth-order valence-electron chi connectivity index (χ4n) is 2.32. The van der Waals surface area contributed by atoms with Crippen molar-refractivity contribution in [1.29, 1.82) is 0 Å². The van der Waals surface area contributed by atoms with Gasteiger partial charge in [0, 0.05) is 19.1 Å². The van der Waals surface area contributed by atoms with Crippen LogP contribution in [0.4, 0.5) is 0 Å². The summed E-state index contributed by atoms with van der Waals surface area (Å²) in [6.07, 6.45) is 2.93. The molecule has 7 heteroatoms. The van der Waals surface area contributed by atoms with Gasteiger partial charge in [0.25, 0.3) is 5.91 Å². The van der Waals surface area contributed by atoms with Crippen LogP contribution in [0.25, 0.3) is 0 Å². The quantitative estimate of drug-likeness (QED) is 0.785. The van der Waals surface area contributed by atoms with Gasteiger partial charge in [0.1, 0.15) is 4.88 Å². The van der Waals surface area contributed by atoms with Crippen LogP contribution in [0.15, 0.2) is 0 Å². The molecule has 2 rings (SSSR count). The fraction of sp³-hybridized carbons (Fsp3) is 0.750. The summed E-state index contributed by atoms with van der Waals surface area (Å²) >= 11 is 1.14. The average molecular weight is 284 g/mol. The number of aliphatic hydroxyl groups excluding tert-OH is 1. The highest BCUT2D eigenvalue weighted by atomic mass is 32.1. The Balaban J connectivity index is 2.06. The molecule has 0 radical (unpaired) electrons. The van der Waals surface area contributed by atoms with Crippen LogP contribution in [0.1, 0.15) is 35.1 Å². The minimum atomic E-state index is -0.0606. The molecular weight excluding hydrogens is 264 g/mol. The first-order valence-corrected chi connectivity index (χ1v) is 7.48. The highest BCUT2D eigenvalue weighted by Gasteiger charge is 2.25. The molecule has 0 spiro atoms. The summed E-state index contributed by atoms with van der Waals surface area (Å²) in [4.78, 5) is 14.8. The molecule has 0 bridgehead atoms. The van der Waals surface area contributed by atoms with Crippen molar-refractivity contribution in [2.75, 3.05) is 26.2 Å². The van der Waals surface area contributed by atoms with E-state index >= 15 is 0 Å². The Morgan fingerprint density at radius 2 is 2.47 bits per heavy atom. The minimum Gasteiger partial charge on any atom is -0.395 e. The molecule has 1 aromatic heterocycles. The summed E-state index contributed by atoms with van der Waals surface area (Å²) < 4.78 is 3.85. The first kappa shape index (κ1) is 14.4. The molecule has 1 amide bonds. The van der Waals surface area contributed by atoms with Gasteiger partial charge in [0.05, 0.1) is 12.3 Å². The summed E-state index contributed by atoms with van der Waals surface area (Å²) in [5.41, 5.74) is 0.748. The van der Waals surface area contributed by atoms with Gasteiger partial charge in [-0.05, 0) is 37.3 Å². The van der Waals surface area contributed by atoms with E-state index in [1.54, 1.807) is 4.90 Å². The van der Waals surface area contributed by atoms with Crippen molar-refractivity contribution in [1.82, 2.24) is 19.8 Å². The molecule has 1 unspecified atom stereocenters. The predicted molar refractivity (Wildman–Crippen MR) is 73.3 cm³/mol. The van der Waals surface area contributed by atoms with Gasteiger partial charge in [-0.15, -0.1) is 5.10 Å². The molecule has 19 heavy (non-hydrogen) atoms. The third kappa shape index (κ3) is 3.49. The van der Waals surface area contributed by atoms with E-state index < -0.39 is 0 Å². The molecule has 1 aliphatic rings. The van der Waals surface area contributed by atoms with Gasteiger partial charge in [-0.25, -0.2) is 0 Å². The van der Waals surface area contributed by atoms with Crippen molar-refractivity contribution >= 4 is 17.4 Å². The molecular formula is C12H20N4O2S. The molecule has 0 aromatic carbocycles. The molecule has 1 atom stereocenters. The van der Waals surface area contributed by atoms with Crippen LogP contribution in [-0.4, -0.2) is 57.8 Å². The molecule has 0 aliphatic carbocycles. The van der Waals surface area contributed by atoms with Crippen molar-refractivity contribution in [3.05, 3.63) is 10.6 Å². The van der Waals surface area contributed by atoms with Gasteiger partial charge in [0.15, 0.2) is 0 Å². The zero-order chi connectivity index (χ0) is 13.7. The number of rotatable bonds is 6. The van der Waals surface area contributed by atoms with Crippen LogP contribution in [0.5, 0.6) is 0 Å². The fourth-order valence-corrected chi connectivity index (χ4v) is 3.04. The Kier molecular flexibility index (Phi) is 5.24. The first-order chi connectivity index (χ1) is 9.26. The van der Waals surface area contributed by atoms with E-state index in [0.717, 1.165) is 36.6 Å². The van der Waals surface area contributed by atoms with Crippen molar-refractivity contribution in [3.8, 4) is 0 Å². The summed E-state index contributed by atoms with van der Waals surface area (Å²) in [7, 11) is 0. The second-order valence-corrected chi connectivity index (χ2v) is 5.42. The van der Waals surface area contributed by atoms with E-state index in [1.807, 2.05) is 6.92 Å². The number of amides is 1. The second kappa shape index (κ2) is 6.93. The maximum absolute atomic E-state index is 12.5. The lowest BCUT2D eigenvalue weighted by Crippen LogP contribution is -2.42. The van der Waals surface area contributed by atoms with E-state index in [2.05, 4.69) is 14.9 Å². The molecule has 1 saturated heterocycles. The van der Waals surface area contributed by atoms with Crippen LogP contribution < -0.4 is 5.32 Å². The second-order valence-electron chi connectivity index (χ2n) is 4.67. The Morgan fingerprint density at radius 3 is 3.11 bits per heavy atom. The van der Waals surface area contributed by atoms with E-state index in [-0.39, 0.29) is 12.5 Å². The maximum atomic E-state index is 12.5. The normalized spacial score (nSPS) is 18.7. The molecule has 106 valence electrons. The highest BCUT2D eigenvalue weighted by Crippen LogP contribution is 2.16. The van der Waals surface area contributed by atoms with E-state index in [4.69, 9.17) is 5.11 Å². The average Bonchev–Trinajstić information content (AvgIpc) is 3.08. The van der Waals surface area contributed by atoms with Crippen LogP contribution >= 0.6 is 11.5 Å². The van der Waals surface area contributed by atoms with Gasteiger partial charge >= 0.3 is 0 Å². The lowest BCUT2D eigenvalue weighted by Gasteiger charge is -2.24. The van der Waals surface area contributed by atoms with Crippen LogP contribution in [0, 0.1) is 0 Å². The Bertz CT molecular complexity index is 418. The number of aryl methyl sites for hydroxylation is 1. The Morgan fingerprint density at radius 1 is 1.63 bits per heavy atom. The van der Waals surface area contributed by atoms with Gasteiger partial charge in [-0.1, -0.05) is 11.4 Å². The predicted octanol–water partition coefficient (Wildman–Crippen LogP) is 0.287. The molecule has 6 nitrogen and oxygen atoms in total. The summed E-state index contributed by atoms with van der Waals surface area (Å²) in [6, 6.07) is 0.335. The zero-order valence-electron chi connectivity index (χ0n) is 11.1. The topological polar surface area (TPSA) is 78.4 Å². The number of carbonyl (C=O) groups excluding carboxylic acids is 1. The van der Waals surface area contributed by atoms with E-state index in [9.17, 15) is 4.79 Å². The van der Waals surface area contributed by atoms with Crippen molar-refractivity contribution < 1.29 is 9.90 Å². The minimum absolute atomic E-state index is 0.0217. The third-order valence-corrected chi connectivity index (χ3v) is 4.10. The smallest absolute Gasteiger partial charge is 0.267 e. The largest absolute Gasteiger partial charge is 0.395 e. The number of aromatic nitrogens is 2. The third-order valence-electron chi connectivity index (χ3n) is 3.35. The lowest BCUT2D eigenvalue weighted by molar-refractivity contribution is 0.0710. The standard InChI is InChI=1S/C12H20N4O2S/c1-2-10-11(19-15-14-10)12(18)16(6-7-17)8-9-4-3-5-13-9/h9,13,17H,2-8H2,1H3. The Hall–Kier alpha value is -1.05. The number of aliphatic hydroxyl groups is 1. The maximum Gasteiger partial charge on any atom is 0.267 e. The van der Waals surface area contributed by atoms with Crippen LogP contribution in [0.3, 0.4) is 0 Å². The SMILES string of the molecule is CCc1nnsc1C(=O)N(CCO)CC1CCCN1. The molecule has 1 aromatic rings. The number of hydrogen-bond donors (Lipinski definition) is 2. The van der Waals surface area contributed by atoms with Crippen LogP contribution in [-0.2, 0) is 6.42 Å². The molecule has 2 N–H and O–H groups in total. The first-order valence-electron chi connectivity index (χ1n) is 6.71. The van der Waals surface area contributed by atoms with Crippen LogP contribution in [0.2, 0.25) is 0 Å².